The van der Waals surface area contributed by atoms with E-state index in [4.69, 9.17) is 4.74 Å². The van der Waals surface area contributed by atoms with Gasteiger partial charge in [0.1, 0.15) is 5.60 Å². The van der Waals surface area contributed by atoms with E-state index in [0.29, 0.717) is 0 Å². The highest BCUT2D eigenvalue weighted by molar-refractivity contribution is 7.79. The zero-order valence-electron chi connectivity index (χ0n) is 16.9. The Bertz CT molecular complexity index is 1050. The van der Waals surface area contributed by atoms with Gasteiger partial charge in [-0.25, -0.2) is 0 Å². The molecule has 4 aromatic rings. The first-order chi connectivity index (χ1) is 14.9. The van der Waals surface area contributed by atoms with Crippen molar-refractivity contribution in [1.29, 1.82) is 0 Å². The molecule has 1 saturated heterocycles. The summed E-state index contributed by atoms with van der Waals surface area (Å²) in [7, 11) is -0.685. The average molecular weight is 408 g/mol. The van der Waals surface area contributed by atoms with Crippen molar-refractivity contribution in [2.75, 3.05) is 6.61 Å². The van der Waals surface area contributed by atoms with E-state index in [1.807, 2.05) is 0 Å². The molecule has 30 heavy (non-hydrogen) atoms. The Morgan fingerprint density at radius 3 is 1.70 bits per heavy atom. The van der Waals surface area contributed by atoms with Gasteiger partial charge in [0, 0.05) is 6.61 Å². The molecule has 1 aliphatic heterocycles. The van der Waals surface area contributed by atoms with Crippen LogP contribution in [-0.4, -0.2) is 6.61 Å². The van der Waals surface area contributed by atoms with Gasteiger partial charge in [0.25, 0.3) is 0 Å². The van der Waals surface area contributed by atoms with Crippen LogP contribution in [0.5, 0.6) is 0 Å². The Morgan fingerprint density at radius 2 is 1.13 bits per heavy atom. The molecule has 1 unspecified atom stereocenters. The van der Waals surface area contributed by atoms with Crippen LogP contribution in [0.2, 0.25) is 0 Å². The molecule has 0 N–H and O–H groups in total. The Balaban J connectivity index is 1.74. The maximum atomic E-state index is 6.59. The lowest BCUT2D eigenvalue weighted by molar-refractivity contribution is 0.0368. The van der Waals surface area contributed by atoms with E-state index < -0.39 is 7.92 Å². The lowest BCUT2D eigenvalue weighted by Crippen LogP contribution is -2.34. The van der Waals surface area contributed by atoms with Crippen LogP contribution in [0.15, 0.2) is 115 Å². The third-order valence-electron chi connectivity index (χ3n) is 5.87. The summed E-state index contributed by atoms with van der Waals surface area (Å²) in [6, 6.07) is 41.5. The molecule has 1 fully saturated rings. The third-order valence-corrected chi connectivity index (χ3v) is 8.37. The molecule has 0 aliphatic carbocycles. The van der Waals surface area contributed by atoms with E-state index in [1.165, 1.54) is 27.0 Å². The predicted molar refractivity (Wildman–Crippen MR) is 128 cm³/mol. The highest BCUT2D eigenvalue weighted by atomic mass is 31.1. The van der Waals surface area contributed by atoms with E-state index in [1.54, 1.807) is 0 Å². The zero-order valence-corrected chi connectivity index (χ0v) is 17.8. The number of hydrogen-bond donors (Lipinski definition) is 0. The summed E-state index contributed by atoms with van der Waals surface area (Å²) in [5.74, 6) is 0. The van der Waals surface area contributed by atoms with Crippen molar-refractivity contribution in [2.24, 2.45) is 0 Å². The second kappa shape index (κ2) is 8.56. The molecule has 5 rings (SSSR count). The van der Waals surface area contributed by atoms with Gasteiger partial charge in [-0.1, -0.05) is 115 Å². The average Bonchev–Trinajstić information content (AvgIpc) is 3.33. The van der Waals surface area contributed by atoms with Crippen molar-refractivity contribution in [1.82, 2.24) is 0 Å². The number of hydrogen-bond acceptors (Lipinski definition) is 1. The molecule has 1 atom stereocenters. The topological polar surface area (TPSA) is 9.23 Å². The molecular weight excluding hydrogens is 383 g/mol. The number of rotatable bonds is 5. The lowest BCUT2D eigenvalue weighted by Gasteiger charge is -2.34. The highest BCUT2D eigenvalue weighted by Crippen LogP contribution is 2.45. The first-order valence-corrected chi connectivity index (χ1v) is 11.9. The Hall–Kier alpha value is -2.73. The summed E-state index contributed by atoms with van der Waals surface area (Å²) in [5.41, 5.74) is 2.20. The normalized spacial score (nSPS) is 18.6. The summed E-state index contributed by atoms with van der Waals surface area (Å²) in [6.45, 7) is 0.803. The van der Waals surface area contributed by atoms with Crippen molar-refractivity contribution in [3.05, 3.63) is 126 Å². The van der Waals surface area contributed by atoms with Crippen LogP contribution in [-0.2, 0) is 10.3 Å². The minimum atomic E-state index is -0.685. The summed E-state index contributed by atoms with van der Waals surface area (Å²) in [4.78, 5) is 0. The monoisotopic (exact) mass is 408 g/mol. The van der Waals surface area contributed by atoms with Gasteiger partial charge in [-0.05, 0) is 47.8 Å². The predicted octanol–water partition coefficient (Wildman–Crippen LogP) is 5.50. The fraction of sp³-hybridized carbons (Fsp3) is 0.143. The second-order valence-corrected chi connectivity index (χ2v) is 9.85. The molecule has 1 nitrogen and oxygen atoms in total. The Labute approximate surface area is 180 Å². The van der Waals surface area contributed by atoms with Crippen LogP contribution in [0.25, 0.3) is 0 Å². The van der Waals surface area contributed by atoms with E-state index in [2.05, 4.69) is 115 Å². The van der Waals surface area contributed by atoms with Crippen LogP contribution in [0, 0.1) is 0 Å². The molecule has 0 radical (unpaired) electrons. The Kier molecular flexibility index (Phi) is 5.49. The first-order valence-electron chi connectivity index (χ1n) is 10.6. The molecule has 0 bridgehead atoms. The molecule has 1 aliphatic rings. The highest BCUT2D eigenvalue weighted by Gasteiger charge is 2.41. The fourth-order valence-corrected chi connectivity index (χ4v) is 7.06. The standard InChI is InChI=1S/C28H25OP/c1-4-13-23(14-5-1)28(21-12-22-29-28)26-19-10-11-20-27(26)30(24-15-6-2-7-16-24)25-17-8-3-9-18-25/h1-11,13-20H,12,21-22H2. The maximum absolute atomic E-state index is 6.59. The molecule has 1 heterocycles. The molecule has 0 spiro atoms. The molecule has 2 heteroatoms. The van der Waals surface area contributed by atoms with Crippen LogP contribution in [0.1, 0.15) is 24.0 Å². The minimum Gasteiger partial charge on any atom is -0.366 e. The van der Waals surface area contributed by atoms with Gasteiger partial charge in [-0.2, -0.15) is 0 Å². The summed E-state index contributed by atoms with van der Waals surface area (Å²) >= 11 is 0. The molecule has 0 amide bonds. The molecule has 0 saturated carbocycles. The van der Waals surface area contributed by atoms with E-state index in [9.17, 15) is 0 Å². The van der Waals surface area contributed by atoms with Gasteiger partial charge in [0.2, 0.25) is 0 Å². The van der Waals surface area contributed by atoms with Crippen molar-refractivity contribution in [2.45, 2.75) is 18.4 Å². The van der Waals surface area contributed by atoms with Gasteiger partial charge in [0.05, 0.1) is 0 Å². The van der Waals surface area contributed by atoms with Crippen LogP contribution in [0.4, 0.5) is 0 Å². The quantitative estimate of drug-likeness (QED) is 0.396. The summed E-state index contributed by atoms with van der Waals surface area (Å²) in [5, 5.41) is 4.12. The SMILES string of the molecule is c1ccc(P(c2ccccc2)c2ccccc2C2(c3ccccc3)CCCO2)cc1. The van der Waals surface area contributed by atoms with Crippen LogP contribution >= 0.6 is 7.92 Å². The van der Waals surface area contributed by atoms with Gasteiger partial charge < -0.3 is 4.74 Å². The number of ether oxygens (including phenoxy) is 1. The minimum absolute atomic E-state index is 0.373. The molecule has 148 valence electrons. The van der Waals surface area contributed by atoms with E-state index in [-0.39, 0.29) is 5.60 Å². The fourth-order valence-electron chi connectivity index (χ4n) is 4.53. The van der Waals surface area contributed by atoms with Crippen LogP contribution in [0.3, 0.4) is 0 Å². The maximum Gasteiger partial charge on any atom is 0.119 e. The second-order valence-electron chi connectivity index (χ2n) is 7.67. The summed E-state index contributed by atoms with van der Waals surface area (Å²) < 4.78 is 6.59. The van der Waals surface area contributed by atoms with Gasteiger partial charge in [-0.3, -0.25) is 0 Å². The van der Waals surface area contributed by atoms with Crippen molar-refractivity contribution >= 4 is 23.8 Å². The summed E-state index contributed by atoms with van der Waals surface area (Å²) in [6.07, 6.45) is 2.10. The first kappa shape index (κ1) is 19.2. The van der Waals surface area contributed by atoms with E-state index >= 15 is 0 Å². The largest absolute Gasteiger partial charge is 0.366 e. The lowest BCUT2D eigenvalue weighted by atomic mass is 9.84. The van der Waals surface area contributed by atoms with Gasteiger partial charge in [-0.15, -0.1) is 0 Å². The molecular formula is C28H25OP. The van der Waals surface area contributed by atoms with Crippen molar-refractivity contribution in [3.63, 3.8) is 0 Å². The third kappa shape index (κ3) is 3.49. The van der Waals surface area contributed by atoms with E-state index in [0.717, 1.165) is 19.4 Å². The zero-order chi connectivity index (χ0) is 20.2. The van der Waals surface area contributed by atoms with Crippen molar-refractivity contribution < 1.29 is 4.74 Å². The molecule has 0 aromatic heterocycles. The number of benzene rings is 4. The smallest absolute Gasteiger partial charge is 0.119 e. The van der Waals surface area contributed by atoms with Crippen LogP contribution < -0.4 is 15.9 Å². The van der Waals surface area contributed by atoms with Gasteiger partial charge >= 0.3 is 0 Å². The molecule has 4 aromatic carbocycles. The van der Waals surface area contributed by atoms with Crippen molar-refractivity contribution in [3.8, 4) is 0 Å². The Morgan fingerprint density at radius 1 is 0.600 bits per heavy atom. The van der Waals surface area contributed by atoms with Gasteiger partial charge in [0.15, 0.2) is 0 Å².